The van der Waals surface area contributed by atoms with E-state index in [0.29, 0.717) is 0 Å². The van der Waals surface area contributed by atoms with Crippen molar-refractivity contribution in [1.82, 2.24) is 0 Å². The van der Waals surface area contributed by atoms with Crippen LogP contribution in [-0.2, 0) is 11.2 Å². The van der Waals surface area contributed by atoms with Crippen LogP contribution in [0.3, 0.4) is 0 Å². The normalized spacial score (nSPS) is 9.43. The molecule has 0 heterocycles. The lowest BCUT2D eigenvalue weighted by Crippen LogP contribution is -2.02. The van der Waals surface area contributed by atoms with E-state index in [9.17, 15) is 4.79 Å². The van der Waals surface area contributed by atoms with Crippen LogP contribution in [0.1, 0.15) is 16.7 Å². The quantitative estimate of drug-likeness (QED) is 0.788. The Morgan fingerprint density at radius 2 is 2.07 bits per heavy atom. The van der Waals surface area contributed by atoms with Crippen LogP contribution in [0.4, 0.5) is 0 Å². The van der Waals surface area contributed by atoms with Crippen molar-refractivity contribution in [3.8, 4) is 0 Å². The van der Waals surface area contributed by atoms with Crippen molar-refractivity contribution in [3.05, 3.63) is 48.0 Å². The van der Waals surface area contributed by atoms with Crippen molar-refractivity contribution in [2.75, 3.05) is 0 Å². The smallest absolute Gasteiger partial charge is 0.307 e. The maximum absolute atomic E-state index is 10.6. The van der Waals surface area contributed by atoms with Gasteiger partial charge in [-0.2, -0.15) is 0 Å². The van der Waals surface area contributed by atoms with Crippen LogP contribution in [0.5, 0.6) is 0 Å². The van der Waals surface area contributed by atoms with E-state index in [1.54, 1.807) is 18.2 Å². The Bertz CT molecular complexity index is 378. The van der Waals surface area contributed by atoms with Crippen LogP contribution in [0.2, 0.25) is 0 Å². The van der Waals surface area contributed by atoms with E-state index >= 15 is 0 Å². The molecular formula is C12H12O2. The SMILES string of the molecule is C=Cc1cccc(CC(=O)O)c1C=C. The third-order valence-corrected chi connectivity index (χ3v) is 2.00. The predicted octanol–water partition coefficient (Wildman–Crippen LogP) is 2.60. The predicted molar refractivity (Wildman–Crippen MR) is 58.0 cm³/mol. The first-order valence-electron chi connectivity index (χ1n) is 4.27. The first kappa shape index (κ1) is 10.3. The highest BCUT2D eigenvalue weighted by Gasteiger charge is 2.06. The van der Waals surface area contributed by atoms with Gasteiger partial charge in [-0.15, -0.1) is 0 Å². The number of hydrogen-bond donors (Lipinski definition) is 1. The molecule has 1 N–H and O–H groups in total. The Morgan fingerprint density at radius 1 is 1.36 bits per heavy atom. The minimum atomic E-state index is -0.839. The number of hydrogen-bond acceptors (Lipinski definition) is 1. The van der Waals surface area contributed by atoms with Crippen molar-refractivity contribution in [2.45, 2.75) is 6.42 Å². The third kappa shape index (κ3) is 2.10. The molecule has 1 aromatic carbocycles. The van der Waals surface area contributed by atoms with Gasteiger partial charge in [0.15, 0.2) is 0 Å². The number of benzene rings is 1. The zero-order valence-corrected chi connectivity index (χ0v) is 7.86. The van der Waals surface area contributed by atoms with Crippen molar-refractivity contribution >= 4 is 18.1 Å². The van der Waals surface area contributed by atoms with E-state index in [0.717, 1.165) is 16.7 Å². The van der Waals surface area contributed by atoms with Gasteiger partial charge in [0.1, 0.15) is 0 Å². The van der Waals surface area contributed by atoms with Crippen LogP contribution < -0.4 is 0 Å². The Hall–Kier alpha value is -1.83. The summed E-state index contributed by atoms with van der Waals surface area (Å²) in [5.74, 6) is -0.839. The zero-order valence-electron chi connectivity index (χ0n) is 7.86. The van der Waals surface area contributed by atoms with Gasteiger partial charge in [-0.25, -0.2) is 0 Å². The van der Waals surface area contributed by atoms with E-state index in [1.165, 1.54) is 0 Å². The van der Waals surface area contributed by atoms with E-state index in [-0.39, 0.29) is 6.42 Å². The van der Waals surface area contributed by atoms with E-state index < -0.39 is 5.97 Å². The van der Waals surface area contributed by atoms with E-state index in [4.69, 9.17) is 5.11 Å². The number of carbonyl (C=O) groups is 1. The second-order valence-corrected chi connectivity index (χ2v) is 2.90. The number of carboxylic acids is 1. The fourth-order valence-electron chi connectivity index (χ4n) is 1.38. The van der Waals surface area contributed by atoms with E-state index in [1.807, 2.05) is 12.1 Å². The molecule has 0 aliphatic heterocycles. The van der Waals surface area contributed by atoms with Crippen LogP contribution in [-0.4, -0.2) is 11.1 Å². The molecule has 14 heavy (non-hydrogen) atoms. The largest absolute Gasteiger partial charge is 0.481 e. The molecule has 72 valence electrons. The molecule has 2 heteroatoms. The van der Waals surface area contributed by atoms with Gasteiger partial charge in [-0.1, -0.05) is 43.5 Å². The first-order valence-corrected chi connectivity index (χ1v) is 4.27. The molecule has 0 amide bonds. The standard InChI is InChI=1S/C12H12O2/c1-3-9-6-5-7-10(8-12(13)14)11(9)4-2/h3-7H,1-2,8H2,(H,13,14). The van der Waals surface area contributed by atoms with Crippen molar-refractivity contribution in [2.24, 2.45) is 0 Å². The lowest BCUT2D eigenvalue weighted by Gasteiger charge is -2.06. The highest BCUT2D eigenvalue weighted by Crippen LogP contribution is 2.17. The lowest BCUT2D eigenvalue weighted by atomic mass is 9.99. The molecule has 0 unspecified atom stereocenters. The van der Waals surface area contributed by atoms with Gasteiger partial charge in [-0.05, 0) is 16.7 Å². The third-order valence-electron chi connectivity index (χ3n) is 2.00. The van der Waals surface area contributed by atoms with Gasteiger partial charge in [0, 0.05) is 0 Å². The molecule has 0 aromatic heterocycles. The summed E-state index contributed by atoms with van der Waals surface area (Å²) in [5.41, 5.74) is 2.54. The second kappa shape index (κ2) is 4.42. The molecule has 0 saturated heterocycles. The van der Waals surface area contributed by atoms with E-state index in [2.05, 4.69) is 13.2 Å². The molecule has 0 saturated carbocycles. The zero-order chi connectivity index (χ0) is 10.6. The molecular weight excluding hydrogens is 176 g/mol. The van der Waals surface area contributed by atoms with Crippen LogP contribution in [0.15, 0.2) is 31.4 Å². The average molecular weight is 188 g/mol. The molecule has 0 radical (unpaired) electrons. The average Bonchev–Trinajstić information content (AvgIpc) is 2.16. The summed E-state index contributed by atoms with van der Waals surface area (Å²) in [6.45, 7) is 7.33. The summed E-state index contributed by atoms with van der Waals surface area (Å²) in [6.07, 6.45) is 3.38. The van der Waals surface area contributed by atoms with Crippen molar-refractivity contribution in [3.63, 3.8) is 0 Å². The molecule has 0 bridgehead atoms. The Labute approximate surface area is 83.2 Å². The maximum atomic E-state index is 10.6. The number of carboxylic acid groups (broad SMARTS) is 1. The first-order chi connectivity index (χ1) is 6.69. The Balaban J connectivity index is 3.21. The van der Waals surface area contributed by atoms with Crippen LogP contribution >= 0.6 is 0 Å². The van der Waals surface area contributed by atoms with Crippen molar-refractivity contribution in [1.29, 1.82) is 0 Å². The minimum Gasteiger partial charge on any atom is -0.481 e. The molecule has 0 aliphatic rings. The van der Waals surface area contributed by atoms with Gasteiger partial charge >= 0.3 is 5.97 Å². The Kier molecular flexibility index (Phi) is 3.24. The summed E-state index contributed by atoms with van der Waals surface area (Å²) in [4.78, 5) is 10.6. The fraction of sp³-hybridized carbons (Fsp3) is 0.0833. The topological polar surface area (TPSA) is 37.3 Å². The molecule has 1 rings (SSSR count). The van der Waals surface area contributed by atoms with Gasteiger partial charge in [0.05, 0.1) is 6.42 Å². The molecule has 1 aromatic rings. The summed E-state index contributed by atoms with van der Waals surface area (Å²) in [5, 5.41) is 8.69. The molecule has 0 atom stereocenters. The second-order valence-electron chi connectivity index (χ2n) is 2.90. The summed E-state index contributed by atoms with van der Waals surface area (Å²) in [6, 6.07) is 5.50. The lowest BCUT2D eigenvalue weighted by molar-refractivity contribution is -0.136. The van der Waals surface area contributed by atoms with Gasteiger partial charge < -0.3 is 5.11 Å². The molecule has 0 spiro atoms. The fourth-order valence-corrected chi connectivity index (χ4v) is 1.38. The van der Waals surface area contributed by atoms with Crippen molar-refractivity contribution < 1.29 is 9.90 Å². The molecule has 0 fully saturated rings. The molecule has 0 aliphatic carbocycles. The highest BCUT2D eigenvalue weighted by atomic mass is 16.4. The Morgan fingerprint density at radius 3 is 2.57 bits per heavy atom. The van der Waals surface area contributed by atoms with Crippen LogP contribution in [0.25, 0.3) is 12.2 Å². The summed E-state index contributed by atoms with van der Waals surface area (Å²) in [7, 11) is 0. The van der Waals surface area contributed by atoms with Gasteiger partial charge in [0.25, 0.3) is 0 Å². The monoisotopic (exact) mass is 188 g/mol. The highest BCUT2D eigenvalue weighted by molar-refractivity contribution is 5.75. The summed E-state index contributed by atoms with van der Waals surface area (Å²) >= 11 is 0. The van der Waals surface area contributed by atoms with Crippen LogP contribution in [0, 0.1) is 0 Å². The van der Waals surface area contributed by atoms with Gasteiger partial charge in [0.2, 0.25) is 0 Å². The minimum absolute atomic E-state index is 0.0169. The van der Waals surface area contributed by atoms with Gasteiger partial charge in [-0.3, -0.25) is 4.79 Å². The maximum Gasteiger partial charge on any atom is 0.307 e. The number of aliphatic carboxylic acids is 1. The molecule has 2 nitrogen and oxygen atoms in total. The number of rotatable bonds is 4. The summed E-state index contributed by atoms with van der Waals surface area (Å²) < 4.78 is 0.